The Kier molecular flexibility index (Phi) is 3.42. The SMILES string of the molecule is CC1c2ccsc2CCN1C(=O)c1ccnc(NN)c1. The largest absolute Gasteiger partial charge is 0.331 e. The van der Waals surface area contributed by atoms with Crippen LogP contribution in [0.1, 0.15) is 33.8 Å². The van der Waals surface area contributed by atoms with Crippen molar-refractivity contribution in [2.75, 3.05) is 12.0 Å². The van der Waals surface area contributed by atoms with Crippen LogP contribution in [0.25, 0.3) is 0 Å². The van der Waals surface area contributed by atoms with E-state index < -0.39 is 0 Å². The second-order valence-electron chi connectivity index (χ2n) is 4.80. The van der Waals surface area contributed by atoms with Gasteiger partial charge in [0.1, 0.15) is 5.82 Å². The van der Waals surface area contributed by atoms with Gasteiger partial charge in [0.2, 0.25) is 0 Å². The molecule has 5 nitrogen and oxygen atoms in total. The zero-order valence-electron chi connectivity index (χ0n) is 11.2. The van der Waals surface area contributed by atoms with E-state index in [0.717, 1.165) is 13.0 Å². The van der Waals surface area contributed by atoms with Crippen LogP contribution in [0.15, 0.2) is 29.8 Å². The van der Waals surface area contributed by atoms with Crippen LogP contribution in [0.4, 0.5) is 5.82 Å². The van der Waals surface area contributed by atoms with E-state index in [0.29, 0.717) is 11.4 Å². The summed E-state index contributed by atoms with van der Waals surface area (Å²) in [6, 6.07) is 5.63. The number of carbonyl (C=O) groups excluding carboxylic acids is 1. The Morgan fingerprint density at radius 1 is 1.55 bits per heavy atom. The van der Waals surface area contributed by atoms with Crippen molar-refractivity contribution >= 4 is 23.1 Å². The summed E-state index contributed by atoms with van der Waals surface area (Å²) in [6.07, 6.45) is 2.52. The number of hydrogen-bond donors (Lipinski definition) is 2. The van der Waals surface area contributed by atoms with E-state index >= 15 is 0 Å². The molecule has 0 bridgehead atoms. The lowest BCUT2D eigenvalue weighted by atomic mass is 10.0. The van der Waals surface area contributed by atoms with E-state index in [-0.39, 0.29) is 11.9 Å². The molecule has 2 aromatic rings. The molecule has 1 aliphatic heterocycles. The lowest BCUT2D eigenvalue weighted by Gasteiger charge is -2.33. The first-order valence-electron chi connectivity index (χ1n) is 6.50. The summed E-state index contributed by atoms with van der Waals surface area (Å²) in [5.74, 6) is 5.86. The minimum absolute atomic E-state index is 0.0215. The molecule has 3 N–H and O–H groups in total. The number of pyridine rings is 1. The van der Waals surface area contributed by atoms with E-state index in [1.54, 1.807) is 29.7 Å². The molecule has 1 amide bonds. The van der Waals surface area contributed by atoms with Gasteiger partial charge in [0.05, 0.1) is 6.04 Å². The number of rotatable bonds is 2. The number of thiophene rings is 1. The van der Waals surface area contributed by atoms with E-state index in [4.69, 9.17) is 5.84 Å². The highest BCUT2D eigenvalue weighted by Gasteiger charge is 2.29. The zero-order chi connectivity index (χ0) is 14.1. The summed E-state index contributed by atoms with van der Waals surface area (Å²) in [4.78, 5) is 20.0. The minimum Gasteiger partial charge on any atom is -0.331 e. The van der Waals surface area contributed by atoms with Gasteiger partial charge in [-0.25, -0.2) is 10.8 Å². The summed E-state index contributed by atoms with van der Waals surface area (Å²) >= 11 is 1.77. The fourth-order valence-corrected chi connectivity index (χ4v) is 3.56. The van der Waals surface area contributed by atoms with E-state index in [1.165, 1.54) is 10.4 Å². The van der Waals surface area contributed by atoms with Gasteiger partial charge in [-0.3, -0.25) is 4.79 Å². The van der Waals surface area contributed by atoms with Crippen molar-refractivity contribution in [3.05, 3.63) is 45.8 Å². The summed E-state index contributed by atoms with van der Waals surface area (Å²) in [6.45, 7) is 2.83. The second-order valence-corrected chi connectivity index (χ2v) is 5.80. The van der Waals surface area contributed by atoms with Gasteiger partial charge in [0, 0.05) is 23.2 Å². The summed E-state index contributed by atoms with van der Waals surface area (Å²) in [5, 5.41) is 2.10. The van der Waals surface area contributed by atoms with Gasteiger partial charge in [-0.05, 0) is 42.5 Å². The average Bonchev–Trinajstić information content (AvgIpc) is 2.96. The van der Waals surface area contributed by atoms with Crippen LogP contribution >= 0.6 is 11.3 Å². The van der Waals surface area contributed by atoms with Crippen molar-refractivity contribution in [2.45, 2.75) is 19.4 Å². The third kappa shape index (κ3) is 2.17. The van der Waals surface area contributed by atoms with Crippen molar-refractivity contribution in [3.63, 3.8) is 0 Å². The number of fused-ring (bicyclic) bond motifs is 1. The monoisotopic (exact) mass is 288 g/mol. The molecular formula is C14H16N4OS. The fourth-order valence-electron chi connectivity index (χ4n) is 2.60. The molecule has 1 atom stereocenters. The normalized spacial score (nSPS) is 17.7. The van der Waals surface area contributed by atoms with Crippen molar-refractivity contribution in [1.29, 1.82) is 0 Å². The maximum absolute atomic E-state index is 12.6. The smallest absolute Gasteiger partial charge is 0.254 e. The Morgan fingerprint density at radius 2 is 2.40 bits per heavy atom. The molecule has 1 aliphatic rings. The zero-order valence-corrected chi connectivity index (χ0v) is 12.0. The highest BCUT2D eigenvalue weighted by Crippen LogP contribution is 2.33. The number of aromatic nitrogens is 1. The molecular weight excluding hydrogens is 272 g/mol. The van der Waals surface area contributed by atoms with Crippen LogP contribution in [0.2, 0.25) is 0 Å². The van der Waals surface area contributed by atoms with Gasteiger partial charge in [0.25, 0.3) is 5.91 Å². The maximum atomic E-state index is 12.6. The molecule has 104 valence electrons. The molecule has 0 fully saturated rings. The number of carbonyl (C=O) groups is 1. The molecule has 0 spiro atoms. The van der Waals surface area contributed by atoms with Crippen molar-refractivity contribution in [1.82, 2.24) is 9.88 Å². The second kappa shape index (κ2) is 5.22. The molecule has 0 saturated heterocycles. The molecule has 3 heterocycles. The highest BCUT2D eigenvalue weighted by molar-refractivity contribution is 7.10. The molecule has 0 aliphatic carbocycles. The topological polar surface area (TPSA) is 71.2 Å². The lowest BCUT2D eigenvalue weighted by molar-refractivity contribution is 0.0679. The highest BCUT2D eigenvalue weighted by atomic mass is 32.1. The van der Waals surface area contributed by atoms with Crippen molar-refractivity contribution < 1.29 is 4.79 Å². The number of hydrazine groups is 1. The van der Waals surface area contributed by atoms with Gasteiger partial charge < -0.3 is 10.3 Å². The number of nitrogens with zero attached hydrogens (tertiary/aromatic N) is 2. The van der Waals surface area contributed by atoms with Crippen LogP contribution in [-0.2, 0) is 6.42 Å². The molecule has 0 saturated carbocycles. The third-order valence-electron chi connectivity index (χ3n) is 3.69. The Balaban J connectivity index is 1.88. The van der Waals surface area contributed by atoms with Crippen LogP contribution in [-0.4, -0.2) is 22.3 Å². The number of nitrogens with one attached hydrogen (secondary N) is 1. The Labute approximate surface area is 121 Å². The summed E-state index contributed by atoms with van der Waals surface area (Å²) < 4.78 is 0. The maximum Gasteiger partial charge on any atom is 0.254 e. The van der Waals surface area contributed by atoms with E-state index in [9.17, 15) is 4.79 Å². The third-order valence-corrected chi connectivity index (χ3v) is 4.69. The standard InChI is InChI=1S/C14H16N4OS/c1-9-11-4-7-20-12(11)3-6-18(9)14(19)10-2-5-16-13(8-10)17-15/h2,4-5,7-9H,3,6,15H2,1H3,(H,16,17). The Morgan fingerprint density at radius 3 is 3.20 bits per heavy atom. The lowest BCUT2D eigenvalue weighted by Crippen LogP contribution is -2.38. The number of nitrogen functional groups attached to an aromatic ring is 1. The van der Waals surface area contributed by atoms with Gasteiger partial charge >= 0.3 is 0 Å². The first kappa shape index (κ1) is 13.1. The minimum atomic E-state index is 0.0215. The molecule has 0 radical (unpaired) electrons. The average molecular weight is 288 g/mol. The van der Waals surface area contributed by atoms with Gasteiger partial charge in [-0.1, -0.05) is 0 Å². The predicted molar refractivity (Wildman–Crippen MR) is 79.5 cm³/mol. The van der Waals surface area contributed by atoms with Crippen LogP contribution in [0, 0.1) is 0 Å². The van der Waals surface area contributed by atoms with Gasteiger partial charge in [-0.15, -0.1) is 11.3 Å². The molecule has 1 unspecified atom stereocenters. The van der Waals surface area contributed by atoms with E-state index in [1.807, 2.05) is 4.90 Å². The fraction of sp³-hybridized carbons (Fsp3) is 0.286. The van der Waals surface area contributed by atoms with Crippen molar-refractivity contribution in [3.8, 4) is 0 Å². The first-order valence-corrected chi connectivity index (χ1v) is 7.38. The number of anilines is 1. The van der Waals surface area contributed by atoms with Gasteiger partial charge in [-0.2, -0.15) is 0 Å². The van der Waals surface area contributed by atoms with Crippen molar-refractivity contribution in [2.24, 2.45) is 5.84 Å². The quantitative estimate of drug-likeness (QED) is 0.656. The molecule has 20 heavy (non-hydrogen) atoms. The predicted octanol–water partition coefficient (Wildman–Crippen LogP) is 2.19. The Bertz CT molecular complexity index is 640. The number of nitrogens with two attached hydrogens (primary N) is 1. The first-order chi connectivity index (χ1) is 9.70. The Hall–Kier alpha value is -1.92. The number of hydrogen-bond acceptors (Lipinski definition) is 5. The molecule has 6 heteroatoms. The molecule has 2 aromatic heterocycles. The molecule has 3 rings (SSSR count). The summed E-state index contributed by atoms with van der Waals surface area (Å²) in [5.41, 5.74) is 4.34. The number of amides is 1. The van der Waals surface area contributed by atoms with Crippen LogP contribution in [0.5, 0.6) is 0 Å². The van der Waals surface area contributed by atoms with Crippen LogP contribution in [0.3, 0.4) is 0 Å². The summed E-state index contributed by atoms with van der Waals surface area (Å²) in [7, 11) is 0. The molecule has 0 aromatic carbocycles. The van der Waals surface area contributed by atoms with E-state index in [2.05, 4.69) is 28.8 Å². The van der Waals surface area contributed by atoms with Crippen LogP contribution < -0.4 is 11.3 Å². The van der Waals surface area contributed by atoms with Gasteiger partial charge in [0.15, 0.2) is 0 Å².